The van der Waals surface area contributed by atoms with Gasteiger partial charge in [0, 0.05) is 6.20 Å². The third-order valence-electron chi connectivity index (χ3n) is 2.20. The molecule has 92 valence electrons. The third-order valence-corrected chi connectivity index (χ3v) is 2.20. The number of rotatable bonds is 3. The minimum atomic E-state index is -0.924. The van der Waals surface area contributed by atoms with Gasteiger partial charge in [-0.2, -0.15) is 10.2 Å². The summed E-state index contributed by atoms with van der Waals surface area (Å²) in [5.74, 6) is 3.39. The van der Waals surface area contributed by atoms with Crippen LogP contribution in [0.25, 0.3) is 11.4 Å². The maximum Gasteiger partial charge on any atom is 0.313 e. The molecule has 0 fully saturated rings. The van der Waals surface area contributed by atoms with E-state index in [1.807, 2.05) is 5.43 Å². The number of nitrogens with zero attached hydrogens (tertiary/aromatic N) is 3. The van der Waals surface area contributed by atoms with E-state index in [1.54, 1.807) is 6.07 Å². The molecule has 6 N–H and O–H groups in total. The third kappa shape index (κ3) is 1.76. The van der Waals surface area contributed by atoms with E-state index in [-0.39, 0.29) is 17.0 Å². The highest BCUT2D eigenvalue weighted by atomic mass is 16.2. The monoisotopic (exact) mass is 248 g/mol. The van der Waals surface area contributed by atoms with Gasteiger partial charge in [0.15, 0.2) is 0 Å². The van der Waals surface area contributed by atoms with Crippen LogP contribution in [0.2, 0.25) is 0 Å². The van der Waals surface area contributed by atoms with Crippen LogP contribution in [0.3, 0.4) is 0 Å². The maximum atomic E-state index is 11.6. The van der Waals surface area contributed by atoms with Gasteiger partial charge in [0.1, 0.15) is 17.0 Å². The Morgan fingerprint density at radius 1 is 1.44 bits per heavy atom. The van der Waals surface area contributed by atoms with Crippen molar-refractivity contribution in [3.05, 3.63) is 23.5 Å². The highest BCUT2D eigenvalue weighted by molar-refractivity contribution is 6.09. The molecule has 2 aromatic heterocycles. The van der Waals surface area contributed by atoms with Crippen molar-refractivity contribution in [3.63, 3.8) is 0 Å². The Morgan fingerprint density at radius 3 is 2.78 bits per heavy atom. The number of nitrogens with one attached hydrogen (secondary N) is 4. The number of aromatic amines is 2. The quantitative estimate of drug-likeness (QED) is 0.215. The van der Waals surface area contributed by atoms with E-state index >= 15 is 0 Å². The molecule has 2 heterocycles. The van der Waals surface area contributed by atoms with E-state index in [0.717, 1.165) is 0 Å². The first-order valence-electron chi connectivity index (χ1n) is 4.70. The number of H-pyrrole nitrogens is 2. The van der Waals surface area contributed by atoms with Gasteiger partial charge in [-0.15, -0.1) is 5.11 Å². The summed E-state index contributed by atoms with van der Waals surface area (Å²) in [7, 11) is 0. The number of nitrogens with two attached hydrogens (primary N) is 1. The first kappa shape index (κ1) is 11.6. The molecule has 0 radical (unpaired) electrons. The lowest BCUT2D eigenvalue weighted by Gasteiger charge is -2.00. The smallest absolute Gasteiger partial charge is 0.290 e. The summed E-state index contributed by atoms with van der Waals surface area (Å²) in [5, 5.41) is 15.2. The van der Waals surface area contributed by atoms with Crippen LogP contribution in [0.1, 0.15) is 20.8 Å². The summed E-state index contributed by atoms with van der Waals surface area (Å²) in [4.78, 5) is 23.0. The fourth-order valence-electron chi connectivity index (χ4n) is 1.43. The second-order valence-corrected chi connectivity index (χ2v) is 3.18. The molecule has 0 aromatic carbocycles. The Kier molecular flexibility index (Phi) is 2.93. The highest BCUT2D eigenvalue weighted by Crippen LogP contribution is 2.22. The molecule has 0 atom stereocenters. The molecular formula is C8H8N8O2. The van der Waals surface area contributed by atoms with Crippen molar-refractivity contribution in [1.82, 2.24) is 25.8 Å². The number of nitrogen functional groups attached to an aromatic ring is 1. The standard InChI is InChI=1S/C8H8N8O2/c9-12-7(17)4-5(3-1-2-11-14-3)15-16-6(4)8(18)13-10/h1-2,10H,9H2,(H,11,14)(H,12,17)(H,15,16). The lowest BCUT2D eigenvalue weighted by atomic mass is 10.1. The number of aromatic nitrogens is 4. The molecule has 10 heteroatoms. The fraction of sp³-hybridized carbons (Fsp3) is 0. The fourth-order valence-corrected chi connectivity index (χ4v) is 1.43. The molecule has 0 bridgehead atoms. The van der Waals surface area contributed by atoms with Crippen LogP contribution in [-0.4, -0.2) is 32.2 Å². The van der Waals surface area contributed by atoms with Crippen LogP contribution < -0.4 is 11.3 Å². The van der Waals surface area contributed by atoms with Gasteiger partial charge in [-0.3, -0.25) is 25.2 Å². The zero-order valence-electron chi connectivity index (χ0n) is 8.89. The van der Waals surface area contributed by atoms with Gasteiger partial charge in [0.25, 0.3) is 5.91 Å². The van der Waals surface area contributed by atoms with E-state index in [0.29, 0.717) is 5.69 Å². The molecular weight excluding hydrogens is 240 g/mol. The van der Waals surface area contributed by atoms with Gasteiger partial charge in [0.05, 0.1) is 5.69 Å². The van der Waals surface area contributed by atoms with Crippen molar-refractivity contribution in [2.24, 2.45) is 11.0 Å². The van der Waals surface area contributed by atoms with Crippen LogP contribution >= 0.6 is 0 Å². The summed E-state index contributed by atoms with van der Waals surface area (Å²) in [6, 6.07) is 1.57. The van der Waals surface area contributed by atoms with Crippen LogP contribution in [-0.2, 0) is 0 Å². The molecule has 2 amide bonds. The summed E-state index contributed by atoms with van der Waals surface area (Å²) in [6.45, 7) is 0. The van der Waals surface area contributed by atoms with E-state index in [1.165, 1.54) is 6.20 Å². The number of carbonyl (C=O) groups is 2. The van der Waals surface area contributed by atoms with Gasteiger partial charge in [0.2, 0.25) is 0 Å². The average molecular weight is 248 g/mol. The van der Waals surface area contributed by atoms with Gasteiger partial charge in [-0.1, -0.05) is 0 Å². The van der Waals surface area contributed by atoms with E-state index in [9.17, 15) is 9.59 Å². The van der Waals surface area contributed by atoms with Crippen molar-refractivity contribution < 1.29 is 9.59 Å². The number of hydrogen-bond donors (Lipinski definition) is 5. The van der Waals surface area contributed by atoms with Gasteiger partial charge < -0.3 is 0 Å². The highest BCUT2D eigenvalue weighted by Gasteiger charge is 2.25. The number of hydrazine groups is 1. The van der Waals surface area contributed by atoms with Gasteiger partial charge >= 0.3 is 5.91 Å². The van der Waals surface area contributed by atoms with Crippen LogP contribution in [0.4, 0.5) is 0 Å². The molecule has 10 nitrogen and oxygen atoms in total. The Balaban J connectivity index is 2.61. The van der Waals surface area contributed by atoms with Crippen LogP contribution in [0.5, 0.6) is 0 Å². The van der Waals surface area contributed by atoms with Crippen molar-refractivity contribution in [1.29, 1.82) is 5.53 Å². The van der Waals surface area contributed by atoms with Crippen molar-refractivity contribution in [2.45, 2.75) is 0 Å². The molecule has 0 saturated carbocycles. The van der Waals surface area contributed by atoms with E-state index in [4.69, 9.17) is 11.4 Å². The van der Waals surface area contributed by atoms with Crippen LogP contribution in [0, 0.1) is 5.53 Å². The SMILES string of the molecule is N=NC(=O)c1[nH]nc(-c2ccn[nH]2)c1C(=O)NN. The number of hydrogen-bond acceptors (Lipinski definition) is 6. The largest absolute Gasteiger partial charge is 0.313 e. The molecule has 18 heavy (non-hydrogen) atoms. The first-order chi connectivity index (χ1) is 8.69. The Morgan fingerprint density at radius 2 is 2.22 bits per heavy atom. The minimum absolute atomic E-state index is 0.0947. The zero-order valence-corrected chi connectivity index (χ0v) is 8.89. The second kappa shape index (κ2) is 4.55. The summed E-state index contributed by atoms with van der Waals surface area (Å²) in [6.07, 6.45) is 1.46. The normalized spacial score (nSPS) is 10.1. The number of amides is 2. The molecule has 0 aliphatic heterocycles. The predicted octanol–water partition coefficient (Wildman–Crippen LogP) is -0.426. The van der Waals surface area contributed by atoms with Crippen LogP contribution in [0.15, 0.2) is 17.4 Å². The predicted molar refractivity (Wildman–Crippen MR) is 57.3 cm³/mol. The lowest BCUT2D eigenvalue weighted by Crippen LogP contribution is -2.31. The van der Waals surface area contributed by atoms with Crippen molar-refractivity contribution in [2.75, 3.05) is 0 Å². The topological polar surface area (TPSA) is 166 Å². The first-order valence-corrected chi connectivity index (χ1v) is 4.70. The Labute approximate surface area is 99.4 Å². The van der Waals surface area contributed by atoms with E-state index in [2.05, 4.69) is 25.5 Å². The molecule has 0 saturated heterocycles. The molecule has 2 rings (SSSR count). The van der Waals surface area contributed by atoms with Crippen molar-refractivity contribution in [3.8, 4) is 11.4 Å². The van der Waals surface area contributed by atoms with Gasteiger partial charge in [-0.25, -0.2) is 11.4 Å². The average Bonchev–Trinajstić information content (AvgIpc) is 3.04. The number of carbonyl (C=O) groups excluding carboxylic acids is 2. The second-order valence-electron chi connectivity index (χ2n) is 3.18. The molecule has 0 aliphatic carbocycles. The van der Waals surface area contributed by atoms with Gasteiger partial charge in [-0.05, 0) is 6.07 Å². The van der Waals surface area contributed by atoms with Crippen molar-refractivity contribution >= 4 is 11.8 Å². The Hall–Kier alpha value is -2.88. The minimum Gasteiger partial charge on any atom is -0.290 e. The Bertz CT molecular complexity index is 599. The summed E-state index contributed by atoms with van der Waals surface area (Å²) < 4.78 is 0. The molecule has 0 unspecified atom stereocenters. The summed E-state index contributed by atoms with van der Waals surface area (Å²) in [5.41, 5.74) is 8.86. The summed E-state index contributed by atoms with van der Waals surface area (Å²) >= 11 is 0. The molecule has 2 aromatic rings. The lowest BCUT2D eigenvalue weighted by molar-refractivity contribution is 0.0933. The molecule has 0 spiro atoms. The molecule has 0 aliphatic rings. The maximum absolute atomic E-state index is 11.6. The zero-order chi connectivity index (χ0) is 13.1. The van der Waals surface area contributed by atoms with E-state index < -0.39 is 11.8 Å².